The van der Waals surface area contributed by atoms with Crippen LogP contribution in [-0.4, -0.2) is 24.3 Å². The van der Waals surface area contributed by atoms with Crippen LogP contribution >= 0.6 is 0 Å². The Kier molecular flexibility index (Phi) is 4.57. The first-order valence-corrected chi connectivity index (χ1v) is 7.79. The smallest absolute Gasteiger partial charge is 0.316 e. The van der Waals surface area contributed by atoms with Crippen molar-refractivity contribution in [2.75, 3.05) is 23.4 Å². The van der Waals surface area contributed by atoms with Crippen LogP contribution in [0.5, 0.6) is 0 Å². The Morgan fingerprint density at radius 2 is 1.83 bits per heavy atom. The highest BCUT2D eigenvalue weighted by molar-refractivity contribution is 5.81. The molecule has 0 saturated heterocycles. The van der Waals surface area contributed by atoms with Crippen LogP contribution in [0.15, 0.2) is 58.0 Å². The number of nitrogens with one attached hydrogen (secondary N) is 1. The van der Waals surface area contributed by atoms with Crippen molar-refractivity contribution in [3.8, 4) is 0 Å². The molecule has 0 aliphatic heterocycles. The zero-order valence-electron chi connectivity index (χ0n) is 13.4. The average Bonchev–Trinajstić information content (AvgIpc) is 3.00. The molecule has 0 unspecified atom stereocenters. The number of hydrogen-bond acceptors (Lipinski definition) is 5. The van der Waals surface area contributed by atoms with Gasteiger partial charge in [-0.1, -0.05) is 24.3 Å². The number of aromatic nitrogens is 1. The topological polar surface area (TPSA) is 53.7 Å². The zero-order chi connectivity index (χ0) is 16.1. The fourth-order valence-electron chi connectivity index (χ4n) is 2.44. The summed E-state index contributed by atoms with van der Waals surface area (Å²) in [6.45, 7) is 6.32. The molecule has 5 nitrogen and oxygen atoms in total. The summed E-state index contributed by atoms with van der Waals surface area (Å²) in [5.41, 5.74) is 6.62. The Morgan fingerprint density at radius 3 is 2.52 bits per heavy atom. The molecular weight excluding hydrogens is 288 g/mol. The number of benzene rings is 2. The molecule has 0 bridgehead atoms. The van der Waals surface area contributed by atoms with E-state index in [0.29, 0.717) is 6.01 Å². The normalized spacial score (nSPS) is 11.2. The maximum Gasteiger partial charge on any atom is 0.316 e. The van der Waals surface area contributed by atoms with Gasteiger partial charge in [0.25, 0.3) is 0 Å². The van der Waals surface area contributed by atoms with Gasteiger partial charge in [0.15, 0.2) is 5.58 Å². The molecule has 0 fully saturated rings. The zero-order valence-corrected chi connectivity index (χ0v) is 13.4. The molecule has 1 heterocycles. The second-order valence-corrected chi connectivity index (χ2v) is 5.12. The summed E-state index contributed by atoms with van der Waals surface area (Å²) >= 11 is 0. The van der Waals surface area contributed by atoms with E-state index in [-0.39, 0.29) is 0 Å². The molecule has 118 valence electrons. The summed E-state index contributed by atoms with van der Waals surface area (Å²) in [5, 5.41) is 4.18. The van der Waals surface area contributed by atoms with Crippen LogP contribution in [0.25, 0.3) is 11.1 Å². The van der Waals surface area contributed by atoms with Gasteiger partial charge in [-0.2, -0.15) is 10.1 Å². The Bertz CT molecular complexity index is 755. The van der Waals surface area contributed by atoms with Gasteiger partial charge >= 0.3 is 6.01 Å². The summed E-state index contributed by atoms with van der Waals surface area (Å²) in [6.07, 6.45) is 1.75. The van der Waals surface area contributed by atoms with Gasteiger partial charge < -0.3 is 9.32 Å². The lowest BCUT2D eigenvalue weighted by Crippen LogP contribution is -2.21. The highest BCUT2D eigenvalue weighted by Gasteiger charge is 2.03. The third-order valence-electron chi connectivity index (χ3n) is 3.69. The fourth-order valence-corrected chi connectivity index (χ4v) is 2.44. The van der Waals surface area contributed by atoms with E-state index in [4.69, 9.17) is 4.42 Å². The summed E-state index contributed by atoms with van der Waals surface area (Å²) in [7, 11) is 0. The van der Waals surface area contributed by atoms with Gasteiger partial charge in [0.05, 0.1) is 6.21 Å². The molecule has 2 aromatic carbocycles. The number of para-hydroxylation sites is 2. The molecule has 1 N–H and O–H groups in total. The second-order valence-electron chi connectivity index (χ2n) is 5.12. The van der Waals surface area contributed by atoms with Crippen LogP contribution in [0.4, 0.5) is 11.7 Å². The first kappa shape index (κ1) is 15.1. The number of hydrogen-bond donors (Lipinski definition) is 1. The summed E-state index contributed by atoms with van der Waals surface area (Å²) in [4.78, 5) is 6.61. The first-order chi connectivity index (χ1) is 11.3. The van der Waals surface area contributed by atoms with Gasteiger partial charge in [-0.3, -0.25) is 0 Å². The predicted octanol–water partition coefficient (Wildman–Crippen LogP) is 4.12. The highest BCUT2D eigenvalue weighted by atomic mass is 16.4. The molecule has 0 aliphatic rings. The monoisotopic (exact) mass is 308 g/mol. The van der Waals surface area contributed by atoms with Crippen LogP contribution in [0.3, 0.4) is 0 Å². The van der Waals surface area contributed by atoms with E-state index >= 15 is 0 Å². The number of nitrogens with zero attached hydrogens (tertiary/aromatic N) is 3. The van der Waals surface area contributed by atoms with Crippen molar-refractivity contribution < 1.29 is 4.42 Å². The quantitative estimate of drug-likeness (QED) is 0.550. The van der Waals surface area contributed by atoms with Crippen molar-refractivity contribution >= 4 is 29.0 Å². The minimum atomic E-state index is 0.391. The number of oxazole rings is 1. The van der Waals surface area contributed by atoms with Crippen LogP contribution in [-0.2, 0) is 0 Å². The minimum absolute atomic E-state index is 0.391. The van der Waals surface area contributed by atoms with E-state index < -0.39 is 0 Å². The second kappa shape index (κ2) is 6.96. The van der Waals surface area contributed by atoms with Crippen molar-refractivity contribution in [3.05, 3.63) is 54.1 Å². The molecule has 1 aromatic heterocycles. The molecule has 5 heteroatoms. The maximum absolute atomic E-state index is 5.54. The summed E-state index contributed by atoms with van der Waals surface area (Å²) in [6, 6.07) is 16.3. The molecular formula is C18H20N4O. The molecule has 0 atom stereocenters. The Hall–Kier alpha value is -2.82. The number of anilines is 2. The lowest BCUT2D eigenvalue weighted by atomic mass is 10.2. The van der Waals surface area contributed by atoms with Crippen molar-refractivity contribution in [2.45, 2.75) is 13.8 Å². The summed E-state index contributed by atoms with van der Waals surface area (Å²) in [5.74, 6) is 0. The van der Waals surface area contributed by atoms with Crippen molar-refractivity contribution in [1.29, 1.82) is 0 Å². The Labute approximate surface area is 135 Å². The largest absolute Gasteiger partial charge is 0.422 e. The molecule has 0 aliphatic carbocycles. The van der Waals surface area contributed by atoms with E-state index in [9.17, 15) is 0 Å². The molecule has 0 spiro atoms. The van der Waals surface area contributed by atoms with Gasteiger partial charge in [-0.15, -0.1) is 0 Å². The van der Waals surface area contributed by atoms with E-state index in [1.165, 1.54) is 5.69 Å². The molecule has 0 amide bonds. The average molecular weight is 308 g/mol. The number of hydrazone groups is 1. The van der Waals surface area contributed by atoms with Crippen LogP contribution < -0.4 is 10.3 Å². The molecule has 23 heavy (non-hydrogen) atoms. The van der Waals surface area contributed by atoms with Gasteiger partial charge in [0, 0.05) is 18.8 Å². The van der Waals surface area contributed by atoms with Gasteiger partial charge in [-0.25, -0.2) is 5.43 Å². The van der Waals surface area contributed by atoms with E-state index in [0.717, 1.165) is 29.8 Å². The Balaban J connectivity index is 1.65. The molecule has 3 rings (SSSR count). The van der Waals surface area contributed by atoms with Crippen molar-refractivity contribution in [2.24, 2.45) is 5.10 Å². The minimum Gasteiger partial charge on any atom is -0.422 e. The third-order valence-corrected chi connectivity index (χ3v) is 3.69. The molecule has 3 aromatic rings. The van der Waals surface area contributed by atoms with Crippen LogP contribution in [0, 0.1) is 0 Å². The van der Waals surface area contributed by atoms with Crippen LogP contribution in [0.1, 0.15) is 19.4 Å². The summed E-state index contributed by atoms with van der Waals surface area (Å²) < 4.78 is 5.54. The highest BCUT2D eigenvalue weighted by Crippen LogP contribution is 2.18. The molecule has 0 saturated carbocycles. The van der Waals surface area contributed by atoms with Gasteiger partial charge in [0.2, 0.25) is 0 Å². The Morgan fingerprint density at radius 1 is 1.09 bits per heavy atom. The third kappa shape index (κ3) is 3.51. The van der Waals surface area contributed by atoms with Gasteiger partial charge in [-0.05, 0) is 43.7 Å². The fraction of sp³-hybridized carbons (Fsp3) is 0.222. The lowest BCUT2D eigenvalue weighted by Gasteiger charge is -2.20. The van der Waals surface area contributed by atoms with Crippen molar-refractivity contribution in [3.63, 3.8) is 0 Å². The van der Waals surface area contributed by atoms with E-state index in [2.05, 4.69) is 46.4 Å². The van der Waals surface area contributed by atoms with E-state index in [1.807, 2.05) is 36.4 Å². The maximum atomic E-state index is 5.54. The lowest BCUT2D eigenvalue weighted by molar-refractivity contribution is 0.617. The van der Waals surface area contributed by atoms with Gasteiger partial charge in [0.1, 0.15) is 5.52 Å². The first-order valence-electron chi connectivity index (χ1n) is 7.79. The van der Waals surface area contributed by atoms with Crippen molar-refractivity contribution in [1.82, 2.24) is 4.98 Å². The standard InChI is InChI=1S/C18H20N4O/c1-3-22(4-2)15-11-9-14(10-12-15)13-19-21-18-20-16-7-5-6-8-17(16)23-18/h5-13H,3-4H2,1-2H3,(H,20,21). The van der Waals surface area contributed by atoms with Crippen LogP contribution in [0.2, 0.25) is 0 Å². The SMILES string of the molecule is CCN(CC)c1ccc(C=NNc2nc3ccccc3o2)cc1. The number of fused-ring (bicyclic) bond motifs is 1. The van der Waals surface area contributed by atoms with E-state index in [1.54, 1.807) is 6.21 Å². The molecule has 0 radical (unpaired) electrons. The number of rotatable bonds is 6. The predicted molar refractivity (Wildman–Crippen MR) is 95.2 cm³/mol.